The van der Waals surface area contributed by atoms with E-state index in [0.717, 1.165) is 24.6 Å². The first-order chi connectivity index (χ1) is 8.10. The zero-order valence-corrected chi connectivity index (χ0v) is 11.0. The van der Waals surface area contributed by atoms with Crippen molar-refractivity contribution < 1.29 is 0 Å². The number of aromatic nitrogens is 2. The van der Waals surface area contributed by atoms with E-state index in [2.05, 4.69) is 48.1 Å². The predicted molar refractivity (Wildman–Crippen MR) is 71.8 cm³/mol. The molecule has 1 N–H and O–H groups in total. The van der Waals surface area contributed by atoms with Crippen LogP contribution in [0.15, 0.2) is 30.5 Å². The van der Waals surface area contributed by atoms with Gasteiger partial charge in [-0.2, -0.15) is 0 Å². The summed E-state index contributed by atoms with van der Waals surface area (Å²) in [7, 11) is 0. The molecule has 1 aliphatic rings. The predicted octanol–water partition coefficient (Wildman–Crippen LogP) is 3.81. The minimum absolute atomic E-state index is 0.280. The van der Waals surface area contributed by atoms with E-state index in [-0.39, 0.29) is 5.41 Å². The number of allylic oxidation sites excluding steroid dienone is 4. The van der Waals surface area contributed by atoms with Gasteiger partial charge in [-0.25, -0.2) is 4.98 Å². The van der Waals surface area contributed by atoms with Crippen LogP contribution < -0.4 is 0 Å². The summed E-state index contributed by atoms with van der Waals surface area (Å²) < 4.78 is 0. The number of hydrogen-bond donors (Lipinski definition) is 1. The van der Waals surface area contributed by atoms with E-state index in [1.165, 1.54) is 12.1 Å². The molecule has 2 heteroatoms. The maximum Gasteiger partial charge on any atom is 0.103 e. The number of aryl methyl sites for hydroxylation is 1. The van der Waals surface area contributed by atoms with E-state index in [0.29, 0.717) is 0 Å². The van der Waals surface area contributed by atoms with E-state index in [4.69, 9.17) is 0 Å². The third-order valence-corrected chi connectivity index (χ3v) is 3.33. The van der Waals surface area contributed by atoms with Crippen molar-refractivity contribution in [2.75, 3.05) is 0 Å². The molecular formula is C15H22N2. The molecule has 2 rings (SSSR count). The van der Waals surface area contributed by atoms with Gasteiger partial charge in [0.05, 0.1) is 0 Å². The average molecular weight is 230 g/mol. The van der Waals surface area contributed by atoms with Crippen LogP contribution >= 0.6 is 0 Å². The summed E-state index contributed by atoms with van der Waals surface area (Å²) >= 11 is 0. The fraction of sp³-hybridized carbons (Fsp3) is 0.533. The fourth-order valence-electron chi connectivity index (χ4n) is 2.82. The lowest BCUT2D eigenvalue weighted by Gasteiger charge is -2.32. The first-order valence-corrected chi connectivity index (χ1v) is 6.44. The second-order valence-corrected chi connectivity index (χ2v) is 5.62. The van der Waals surface area contributed by atoms with Crippen molar-refractivity contribution in [3.8, 4) is 0 Å². The maximum absolute atomic E-state index is 4.29. The quantitative estimate of drug-likeness (QED) is 0.837. The summed E-state index contributed by atoms with van der Waals surface area (Å²) in [5, 5.41) is 0. The standard InChI is InChI=1S/C15H22N2/c1-12(2)9-15(7-5-4-6-8-15)10-14-11-16-13(3)17-14/h4-7,11-12H,8-10H2,1-3H3,(H,16,17). The lowest BCUT2D eigenvalue weighted by atomic mass is 9.72. The second kappa shape index (κ2) is 4.91. The summed E-state index contributed by atoms with van der Waals surface area (Å²) in [6.45, 7) is 6.60. The van der Waals surface area contributed by atoms with Crippen molar-refractivity contribution in [2.45, 2.75) is 40.0 Å². The van der Waals surface area contributed by atoms with Gasteiger partial charge in [0.1, 0.15) is 5.82 Å². The minimum atomic E-state index is 0.280. The van der Waals surface area contributed by atoms with Crippen LogP contribution in [0.4, 0.5) is 0 Å². The molecule has 1 aliphatic carbocycles. The molecule has 0 aromatic carbocycles. The number of imidazole rings is 1. The molecule has 0 bridgehead atoms. The molecule has 1 aromatic heterocycles. The maximum atomic E-state index is 4.29. The molecule has 17 heavy (non-hydrogen) atoms. The number of rotatable bonds is 4. The highest BCUT2D eigenvalue weighted by Gasteiger charge is 2.29. The van der Waals surface area contributed by atoms with E-state index < -0.39 is 0 Å². The van der Waals surface area contributed by atoms with Crippen LogP contribution in [0.3, 0.4) is 0 Å². The zero-order valence-electron chi connectivity index (χ0n) is 11.0. The van der Waals surface area contributed by atoms with Gasteiger partial charge in [0, 0.05) is 11.9 Å². The van der Waals surface area contributed by atoms with Crippen molar-refractivity contribution in [2.24, 2.45) is 11.3 Å². The summed E-state index contributed by atoms with van der Waals surface area (Å²) in [6, 6.07) is 0. The van der Waals surface area contributed by atoms with Gasteiger partial charge in [0.15, 0.2) is 0 Å². The van der Waals surface area contributed by atoms with Gasteiger partial charge < -0.3 is 4.98 Å². The summed E-state index contributed by atoms with van der Waals surface area (Å²) in [4.78, 5) is 7.65. The molecule has 1 aromatic rings. The molecule has 2 nitrogen and oxygen atoms in total. The molecule has 0 aliphatic heterocycles. The smallest absolute Gasteiger partial charge is 0.103 e. The lowest BCUT2D eigenvalue weighted by molar-refractivity contribution is 0.297. The lowest BCUT2D eigenvalue weighted by Crippen LogP contribution is -2.24. The monoisotopic (exact) mass is 230 g/mol. The van der Waals surface area contributed by atoms with Crippen molar-refractivity contribution >= 4 is 0 Å². The van der Waals surface area contributed by atoms with Gasteiger partial charge in [0.25, 0.3) is 0 Å². The van der Waals surface area contributed by atoms with Crippen LogP contribution in [0.25, 0.3) is 0 Å². The van der Waals surface area contributed by atoms with E-state index in [1.807, 2.05) is 13.1 Å². The summed E-state index contributed by atoms with van der Waals surface area (Å²) in [6.07, 6.45) is 14.4. The topological polar surface area (TPSA) is 28.7 Å². The number of aromatic amines is 1. The molecule has 0 radical (unpaired) electrons. The molecule has 1 atom stereocenters. The number of nitrogens with one attached hydrogen (secondary N) is 1. The molecule has 0 spiro atoms. The van der Waals surface area contributed by atoms with Gasteiger partial charge in [-0.05, 0) is 37.5 Å². The van der Waals surface area contributed by atoms with Gasteiger partial charge >= 0.3 is 0 Å². The third kappa shape index (κ3) is 3.09. The Morgan fingerprint density at radius 3 is 2.76 bits per heavy atom. The molecule has 0 amide bonds. The van der Waals surface area contributed by atoms with Crippen molar-refractivity contribution in [1.29, 1.82) is 0 Å². The highest BCUT2D eigenvalue weighted by atomic mass is 14.9. The van der Waals surface area contributed by atoms with Crippen LogP contribution in [-0.4, -0.2) is 9.97 Å². The summed E-state index contributed by atoms with van der Waals surface area (Å²) in [5.41, 5.74) is 1.53. The van der Waals surface area contributed by atoms with Gasteiger partial charge in [0.2, 0.25) is 0 Å². The van der Waals surface area contributed by atoms with Gasteiger partial charge in [-0.3, -0.25) is 0 Å². The molecule has 0 saturated heterocycles. The Balaban J connectivity index is 2.16. The zero-order chi connectivity index (χ0) is 12.3. The Morgan fingerprint density at radius 1 is 1.41 bits per heavy atom. The van der Waals surface area contributed by atoms with Crippen molar-refractivity contribution in [3.05, 3.63) is 42.0 Å². The first kappa shape index (κ1) is 12.2. The normalized spacial score (nSPS) is 23.5. The Kier molecular flexibility index (Phi) is 3.51. The average Bonchev–Trinajstić information content (AvgIpc) is 2.63. The largest absolute Gasteiger partial charge is 0.346 e. The number of nitrogens with zero attached hydrogens (tertiary/aromatic N) is 1. The van der Waals surface area contributed by atoms with Gasteiger partial charge in [-0.15, -0.1) is 0 Å². The van der Waals surface area contributed by atoms with Crippen molar-refractivity contribution in [3.63, 3.8) is 0 Å². The molecule has 92 valence electrons. The Morgan fingerprint density at radius 2 is 2.24 bits per heavy atom. The Hall–Kier alpha value is -1.31. The van der Waals surface area contributed by atoms with Crippen molar-refractivity contribution in [1.82, 2.24) is 9.97 Å². The second-order valence-electron chi connectivity index (χ2n) is 5.62. The third-order valence-electron chi connectivity index (χ3n) is 3.33. The van der Waals surface area contributed by atoms with E-state index in [1.54, 1.807) is 0 Å². The van der Waals surface area contributed by atoms with Gasteiger partial charge in [-0.1, -0.05) is 38.2 Å². The van der Waals surface area contributed by atoms with E-state index >= 15 is 0 Å². The number of hydrogen-bond acceptors (Lipinski definition) is 1. The highest BCUT2D eigenvalue weighted by Crippen LogP contribution is 2.37. The molecular weight excluding hydrogens is 208 g/mol. The van der Waals surface area contributed by atoms with Crippen LogP contribution in [0.5, 0.6) is 0 Å². The molecule has 0 fully saturated rings. The minimum Gasteiger partial charge on any atom is -0.346 e. The van der Waals surface area contributed by atoms with Crippen LogP contribution in [-0.2, 0) is 6.42 Å². The SMILES string of the molecule is Cc1ncc(CC2(CC(C)C)C=CC=CC2)[nH]1. The number of H-pyrrole nitrogens is 1. The molecule has 0 saturated carbocycles. The first-order valence-electron chi connectivity index (χ1n) is 6.44. The summed E-state index contributed by atoms with van der Waals surface area (Å²) in [5.74, 6) is 1.73. The van der Waals surface area contributed by atoms with Crippen LogP contribution in [0, 0.1) is 18.3 Å². The van der Waals surface area contributed by atoms with E-state index in [9.17, 15) is 0 Å². The molecule has 1 unspecified atom stereocenters. The Bertz CT molecular complexity index is 426. The molecule has 1 heterocycles. The Labute approximate surface area is 104 Å². The van der Waals surface area contributed by atoms with Crippen LogP contribution in [0.1, 0.15) is 38.2 Å². The van der Waals surface area contributed by atoms with Crippen LogP contribution in [0.2, 0.25) is 0 Å². The fourth-order valence-corrected chi connectivity index (χ4v) is 2.82. The highest BCUT2D eigenvalue weighted by molar-refractivity contribution is 5.20.